The van der Waals surface area contributed by atoms with Crippen molar-refractivity contribution in [2.45, 2.75) is 105 Å². The summed E-state index contributed by atoms with van der Waals surface area (Å²) in [4.78, 5) is 65.3. The van der Waals surface area contributed by atoms with Crippen LogP contribution in [-0.2, 0) is 21.7 Å². The summed E-state index contributed by atoms with van der Waals surface area (Å²) in [5.74, 6) is 0.170. The first-order chi connectivity index (χ1) is 41.6. The molecule has 2 aliphatic rings. The fraction of sp³-hybridized carbons (Fsp3) is 0.211. The Labute approximate surface area is 511 Å². The molecule has 0 atom stereocenters. The summed E-state index contributed by atoms with van der Waals surface area (Å²) in [5.41, 5.74) is 18.1. The lowest BCUT2D eigenvalue weighted by Gasteiger charge is -2.32. The summed E-state index contributed by atoms with van der Waals surface area (Å²) in [6.07, 6.45) is 0. The maximum atomic E-state index is 15.8. The van der Waals surface area contributed by atoms with Crippen molar-refractivity contribution in [2.75, 3.05) is 21.3 Å². The number of carbonyl (C=O) groups is 4. The van der Waals surface area contributed by atoms with Crippen molar-refractivity contribution in [1.29, 1.82) is 0 Å². The van der Waals surface area contributed by atoms with E-state index in [-0.39, 0.29) is 66.9 Å². The van der Waals surface area contributed by atoms with E-state index in [1.54, 1.807) is 72.8 Å². The van der Waals surface area contributed by atoms with Crippen molar-refractivity contribution >= 4 is 89.5 Å². The fourth-order valence-electron chi connectivity index (χ4n) is 12.1. The van der Waals surface area contributed by atoms with Gasteiger partial charge < -0.3 is 30.4 Å². The van der Waals surface area contributed by atoms with E-state index in [4.69, 9.17) is 30.4 Å². The van der Waals surface area contributed by atoms with E-state index in [1.165, 1.54) is 0 Å². The van der Waals surface area contributed by atoms with Gasteiger partial charge in [-0.3, -0.25) is 19.2 Å². The van der Waals surface area contributed by atoms with Gasteiger partial charge in [0, 0.05) is 54.5 Å². The molecule has 11 aromatic rings. The highest BCUT2D eigenvalue weighted by molar-refractivity contribution is 6.48. The SMILES string of the molecule is CC(C)(C)c1ccc(Oc2cc3c4c(cc(Oc5ccc(C(C)(C)C)cc5)c5c6c(Oc7ccc(C(C)(C)C)cc7)cc7c8c(cc(Oc9ccc(C(C)(C)C)cc9)c(c2c45)c86)C(=O)N(c2ccc(N)cc2)C7=O)C(=O)N(c2ccc(N)cc2)C3=O)cc1. The van der Waals surface area contributed by atoms with Gasteiger partial charge in [-0.05, 0) is 165 Å². The number of anilines is 4. The smallest absolute Gasteiger partial charge is 0.266 e. The predicted octanol–water partition coefficient (Wildman–Crippen LogP) is 18.9. The van der Waals surface area contributed by atoms with Crippen LogP contribution in [0.2, 0.25) is 0 Å². The first-order valence-corrected chi connectivity index (χ1v) is 29.6. The van der Waals surface area contributed by atoms with E-state index < -0.39 is 23.6 Å². The van der Waals surface area contributed by atoms with Crippen LogP contribution in [0.1, 0.15) is 147 Å². The number of hydrogen-bond donors (Lipinski definition) is 2. The Morgan fingerprint density at radius 2 is 0.477 bits per heavy atom. The van der Waals surface area contributed by atoms with E-state index >= 15 is 19.2 Å². The van der Waals surface area contributed by atoms with Gasteiger partial charge in [-0.2, -0.15) is 0 Å². The molecular formula is C76H68N4O8. The third kappa shape index (κ3) is 9.64. The monoisotopic (exact) mass is 1160 g/mol. The zero-order chi connectivity index (χ0) is 62.3. The molecule has 12 heteroatoms. The van der Waals surface area contributed by atoms with Gasteiger partial charge in [-0.15, -0.1) is 0 Å². The number of benzene rings is 11. The molecule has 0 saturated heterocycles. The number of carbonyl (C=O) groups excluding carboxylic acids is 4. The van der Waals surface area contributed by atoms with Crippen LogP contribution < -0.4 is 40.2 Å². The van der Waals surface area contributed by atoms with Gasteiger partial charge in [0.05, 0.1) is 33.6 Å². The van der Waals surface area contributed by atoms with Crippen LogP contribution in [0.4, 0.5) is 22.7 Å². The molecule has 0 unspecified atom stereocenters. The molecule has 0 aromatic heterocycles. The number of nitrogens with two attached hydrogens (primary N) is 2. The summed E-state index contributed by atoms with van der Waals surface area (Å²) < 4.78 is 29.0. The molecule has 440 valence electrons. The first-order valence-electron chi connectivity index (χ1n) is 29.6. The number of hydrogen-bond acceptors (Lipinski definition) is 10. The number of ether oxygens (including phenoxy) is 4. The molecule has 0 aliphatic carbocycles. The zero-order valence-corrected chi connectivity index (χ0v) is 51.5. The Kier molecular flexibility index (Phi) is 13.1. The van der Waals surface area contributed by atoms with Crippen molar-refractivity contribution in [3.05, 3.63) is 214 Å². The van der Waals surface area contributed by atoms with Crippen molar-refractivity contribution in [1.82, 2.24) is 0 Å². The van der Waals surface area contributed by atoms with E-state index in [1.807, 2.05) is 97.1 Å². The topological polar surface area (TPSA) is 164 Å². The maximum Gasteiger partial charge on any atom is 0.266 e. The largest absolute Gasteiger partial charge is 0.457 e. The third-order valence-corrected chi connectivity index (χ3v) is 17.0. The molecule has 88 heavy (non-hydrogen) atoms. The Bertz CT molecular complexity index is 4150. The molecule has 2 aliphatic heterocycles. The Balaban J connectivity index is 1.24. The molecule has 0 fully saturated rings. The van der Waals surface area contributed by atoms with Crippen LogP contribution >= 0.6 is 0 Å². The summed E-state index contributed by atoms with van der Waals surface area (Å²) in [5, 5.41) is 3.08. The zero-order valence-electron chi connectivity index (χ0n) is 51.5. The molecule has 0 spiro atoms. The second-order valence-electron chi connectivity index (χ2n) is 27.3. The maximum absolute atomic E-state index is 15.8. The van der Waals surface area contributed by atoms with Crippen molar-refractivity contribution < 1.29 is 38.1 Å². The quantitative estimate of drug-likeness (QED) is 0.0583. The van der Waals surface area contributed by atoms with Crippen molar-refractivity contribution in [3.63, 3.8) is 0 Å². The van der Waals surface area contributed by atoms with Crippen LogP contribution in [0, 0.1) is 0 Å². The molecule has 11 aromatic carbocycles. The summed E-state index contributed by atoms with van der Waals surface area (Å²) in [7, 11) is 0. The van der Waals surface area contributed by atoms with E-state index in [0.717, 1.165) is 32.1 Å². The highest BCUT2D eigenvalue weighted by Crippen LogP contribution is 2.58. The van der Waals surface area contributed by atoms with Gasteiger partial charge >= 0.3 is 0 Å². The number of fused-ring (bicyclic) bond motifs is 2. The van der Waals surface area contributed by atoms with Gasteiger partial charge in [-0.1, -0.05) is 132 Å². The van der Waals surface area contributed by atoms with Crippen LogP contribution in [0.25, 0.3) is 43.1 Å². The number of nitrogen functional groups attached to an aromatic ring is 2. The molecule has 0 radical (unpaired) electrons. The van der Waals surface area contributed by atoms with Gasteiger partial charge in [0.15, 0.2) is 0 Å². The van der Waals surface area contributed by atoms with Crippen LogP contribution in [0.3, 0.4) is 0 Å². The molecule has 4 amide bonds. The van der Waals surface area contributed by atoms with Gasteiger partial charge in [0.2, 0.25) is 0 Å². The standard InChI is InChI=1S/C76H68N4O8/c1-73(2,3)41-13-29-49(30-14-41)85-57-37-53-61-54(70(82)79(69(53)81)47-25-21-45(77)22-26-47)39-59(87-51-33-17-43(18-34-51)75(7,8)9)65-66-60(88-52-35-19-44(20-36-52)76(10,11)12)40-56-62-55(71(83)80(72(56)84)48-27-23-46(78)24-28-48)38-58(64(68(62)66)63(57)67(61)65)86-50-31-15-42(16-32-50)74(4,5)6/h13-40H,77-78H2,1-12H3. The lowest BCUT2D eigenvalue weighted by atomic mass is 9.80. The summed E-state index contributed by atoms with van der Waals surface area (Å²) >= 11 is 0. The molecule has 4 N–H and O–H groups in total. The molecule has 13 rings (SSSR count). The average molecular weight is 1170 g/mol. The predicted molar refractivity (Wildman–Crippen MR) is 353 cm³/mol. The highest BCUT2D eigenvalue weighted by atomic mass is 16.5. The van der Waals surface area contributed by atoms with E-state index in [9.17, 15) is 0 Å². The highest BCUT2D eigenvalue weighted by Gasteiger charge is 2.42. The lowest BCUT2D eigenvalue weighted by Crippen LogP contribution is -2.40. The van der Waals surface area contributed by atoms with Gasteiger partial charge in [0.1, 0.15) is 46.0 Å². The summed E-state index contributed by atoms with van der Waals surface area (Å²) in [6.45, 7) is 25.6. The number of imide groups is 2. The van der Waals surface area contributed by atoms with Crippen LogP contribution in [-0.4, -0.2) is 23.6 Å². The van der Waals surface area contributed by atoms with Crippen LogP contribution in [0.5, 0.6) is 46.0 Å². The van der Waals surface area contributed by atoms with Gasteiger partial charge in [-0.25, -0.2) is 9.80 Å². The molecule has 0 bridgehead atoms. The molecule has 2 heterocycles. The minimum atomic E-state index is -0.611. The molecule has 12 nitrogen and oxygen atoms in total. The van der Waals surface area contributed by atoms with E-state index in [0.29, 0.717) is 88.8 Å². The Hall–Kier alpha value is -10.2. The average Bonchev–Trinajstić information content (AvgIpc) is 0.690. The first kappa shape index (κ1) is 56.9. The molecular weight excluding hydrogens is 1100 g/mol. The minimum absolute atomic E-state index is 0.160. The second kappa shape index (κ2) is 20.2. The fourth-order valence-corrected chi connectivity index (χ4v) is 12.1. The van der Waals surface area contributed by atoms with Crippen LogP contribution in [0.15, 0.2) is 170 Å². The molecule has 0 saturated carbocycles. The Morgan fingerprint density at radius 1 is 0.273 bits per heavy atom. The van der Waals surface area contributed by atoms with E-state index in [2.05, 4.69) is 83.1 Å². The van der Waals surface area contributed by atoms with Gasteiger partial charge in [0.25, 0.3) is 23.6 Å². The normalized spacial score (nSPS) is 13.8. The number of amides is 4. The van der Waals surface area contributed by atoms with Crippen molar-refractivity contribution in [3.8, 4) is 46.0 Å². The second-order valence-corrected chi connectivity index (χ2v) is 27.3. The lowest BCUT2D eigenvalue weighted by molar-refractivity contribution is 0.0877. The number of nitrogens with zero attached hydrogens (tertiary/aromatic N) is 2. The third-order valence-electron chi connectivity index (χ3n) is 17.0. The minimum Gasteiger partial charge on any atom is -0.457 e. The Morgan fingerprint density at radius 3 is 0.670 bits per heavy atom. The number of rotatable bonds is 10. The van der Waals surface area contributed by atoms with Crippen molar-refractivity contribution in [2.24, 2.45) is 0 Å². The summed E-state index contributed by atoms with van der Waals surface area (Å²) in [6, 6.07) is 51.1.